The SMILES string of the molecule is Cn1c(-c2cc(N3C[C@H]4C[C@@]4(C)C3)ncc2Cl)nc2ccccc21. The Hall–Kier alpha value is -2.07. The highest BCUT2D eigenvalue weighted by Gasteiger charge is 2.56. The normalized spacial score (nSPS) is 25.3. The lowest BCUT2D eigenvalue weighted by Gasteiger charge is -2.21. The van der Waals surface area contributed by atoms with Gasteiger partial charge in [0.1, 0.15) is 11.6 Å². The fraction of sp³-hybridized carbons (Fsp3) is 0.368. The summed E-state index contributed by atoms with van der Waals surface area (Å²) in [6, 6.07) is 10.2. The van der Waals surface area contributed by atoms with Crippen LogP contribution < -0.4 is 4.90 Å². The van der Waals surface area contributed by atoms with Crippen molar-refractivity contribution in [3.63, 3.8) is 0 Å². The Bertz CT molecular complexity index is 963. The van der Waals surface area contributed by atoms with Crippen LogP contribution in [0.2, 0.25) is 5.02 Å². The number of aryl methyl sites for hydroxylation is 1. The maximum Gasteiger partial charge on any atom is 0.142 e. The average molecular weight is 339 g/mol. The zero-order chi connectivity index (χ0) is 16.5. The lowest BCUT2D eigenvalue weighted by molar-refractivity contribution is 0.595. The van der Waals surface area contributed by atoms with Crippen LogP contribution in [0, 0.1) is 11.3 Å². The Morgan fingerprint density at radius 1 is 1.29 bits per heavy atom. The van der Waals surface area contributed by atoms with Crippen molar-refractivity contribution >= 4 is 28.5 Å². The van der Waals surface area contributed by atoms with Crippen molar-refractivity contribution in [2.24, 2.45) is 18.4 Å². The van der Waals surface area contributed by atoms with Crippen LogP contribution in [0.5, 0.6) is 0 Å². The van der Waals surface area contributed by atoms with Gasteiger partial charge in [0, 0.05) is 31.9 Å². The Morgan fingerprint density at radius 2 is 2.12 bits per heavy atom. The minimum atomic E-state index is 0.499. The van der Waals surface area contributed by atoms with Gasteiger partial charge in [-0.25, -0.2) is 9.97 Å². The third-order valence-electron chi connectivity index (χ3n) is 5.72. The highest BCUT2D eigenvalue weighted by molar-refractivity contribution is 6.33. The lowest BCUT2D eigenvalue weighted by Crippen LogP contribution is -2.24. The number of hydrogen-bond acceptors (Lipinski definition) is 3. The summed E-state index contributed by atoms with van der Waals surface area (Å²) in [7, 11) is 2.03. The summed E-state index contributed by atoms with van der Waals surface area (Å²) in [6.07, 6.45) is 3.12. The van der Waals surface area contributed by atoms with E-state index in [0.717, 1.165) is 47.2 Å². The fourth-order valence-corrected chi connectivity index (χ4v) is 4.27. The van der Waals surface area contributed by atoms with Crippen LogP contribution in [0.15, 0.2) is 36.5 Å². The van der Waals surface area contributed by atoms with E-state index >= 15 is 0 Å². The van der Waals surface area contributed by atoms with Crippen molar-refractivity contribution in [2.45, 2.75) is 13.3 Å². The smallest absolute Gasteiger partial charge is 0.142 e. The second-order valence-electron chi connectivity index (χ2n) is 7.44. The van der Waals surface area contributed by atoms with Crippen LogP contribution in [0.3, 0.4) is 0 Å². The Morgan fingerprint density at radius 3 is 2.88 bits per heavy atom. The summed E-state index contributed by atoms with van der Waals surface area (Å²) < 4.78 is 2.10. The highest BCUT2D eigenvalue weighted by Crippen LogP contribution is 2.57. The third kappa shape index (κ3) is 1.99. The number of rotatable bonds is 2. The van der Waals surface area contributed by atoms with E-state index in [2.05, 4.69) is 33.5 Å². The van der Waals surface area contributed by atoms with Crippen LogP contribution in [-0.2, 0) is 7.05 Å². The molecule has 0 amide bonds. The summed E-state index contributed by atoms with van der Waals surface area (Å²) in [6.45, 7) is 4.57. The largest absolute Gasteiger partial charge is 0.356 e. The molecule has 5 rings (SSSR count). The molecular weight excluding hydrogens is 320 g/mol. The molecule has 1 saturated heterocycles. The lowest BCUT2D eigenvalue weighted by atomic mass is 10.1. The van der Waals surface area contributed by atoms with Gasteiger partial charge < -0.3 is 9.47 Å². The molecule has 0 bridgehead atoms. The van der Waals surface area contributed by atoms with Gasteiger partial charge in [0.25, 0.3) is 0 Å². The number of fused-ring (bicyclic) bond motifs is 2. The Labute approximate surface area is 146 Å². The van der Waals surface area contributed by atoms with Crippen LogP contribution in [0.25, 0.3) is 22.4 Å². The molecule has 122 valence electrons. The standard InChI is InChI=1S/C19H19ClN4/c1-19-8-12(19)10-24(11-19)17-7-13(14(20)9-21-17)18-22-15-5-3-4-6-16(15)23(18)2/h3-7,9,12H,8,10-11H2,1-2H3/t12-,19+/m1/s1. The topological polar surface area (TPSA) is 34.0 Å². The summed E-state index contributed by atoms with van der Waals surface area (Å²) in [4.78, 5) is 11.7. The number of para-hydroxylation sites is 2. The molecule has 0 unspecified atom stereocenters. The number of imidazole rings is 1. The Balaban J connectivity index is 1.60. The molecule has 1 aliphatic carbocycles. The molecular formula is C19H19ClN4. The van der Waals surface area contributed by atoms with E-state index in [9.17, 15) is 0 Å². The maximum absolute atomic E-state index is 6.47. The molecule has 3 heterocycles. The second kappa shape index (κ2) is 4.73. The maximum atomic E-state index is 6.47. The van der Waals surface area contributed by atoms with Gasteiger partial charge in [-0.1, -0.05) is 30.7 Å². The molecule has 5 heteroatoms. The van der Waals surface area contributed by atoms with E-state index in [1.54, 1.807) is 6.20 Å². The van der Waals surface area contributed by atoms with Crippen molar-refractivity contribution < 1.29 is 0 Å². The van der Waals surface area contributed by atoms with Crippen LogP contribution in [0.1, 0.15) is 13.3 Å². The number of nitrogens with zero attached hydrogens (tertiary/aromatic N) is 4. The molecule has 2 atom stereocenters. The molecule has 3 aromatic rings. The van der Waals surface area contributed by atoms with Gasteiger partial charge in [0.15, 0.2) is 0 Å². The van der Waals surface area contributed by atoms with Gasteiger partial charge in [-0.15, -0.1) is 0 Å². The molecule has 0 radical (unpaired) electrons. The monoisotopic (exact) mass is 338 g/mol. The molecule has 2 aliphatic rings. The van der Waals surface area contributed by atoms with E-state index in [4.69, 9.17) is 16.6 Å². The molecule has 1 aromatic carbocycles. The zero-order valence-electron chi connectivity index (χ0n) is 13.8. The number of hydrogen-bond donors (Lipinski definition) is 0. The summed E-state index contributed by atoms with van der Waals surface area (Å²) in [5.41, 5.74) is 3.54. The van der Waals surface area contributed by atoms with E-state index < -0.39 is 0 Å². The summed E-state index contributed by atoms with van der Waals surface area (Å²) in [5.74, 6) is 2.73. The average Bonchev–Trinajstić information content (AvgIpc) is 2.92. The second-order valence-corrected chi connectivity index (χ2v) is 7.85. The molecule has 0 N–H and O–H groups in total. The number of piperidine rings is 1. The van der Waals surface area contributed by atoms with Crippen LogP contribution in [0.4, 0.5) is 5.82 Å². The van der Waals surface area contributed by atoms with E-state index in [0.29, 0.717) is 10.4 Å². The summed E-state index contributed by atoms with van der Waals surface area (Å²) >= 11 is 6.47. The Kier molecular flexibility index (Phi) is 2.82. The van der Waals surface area contributed by atoms with Crippen molar-refractivity contribution in [2.75, 3.05) is 18.0 Å². The minimum Gasteiger partial charge on any atom is -0.356 e. The quantitative estimate of drug-likeness (QED) is 0.704. The molecule has 1 aliphatic heterocycles. The van der Waals surface area contributed by atoms with Crippen molar-refractivity contribution in [1.29, 1.82) is 0 Å². The zero-order valence-corrected chi connectivity index (χ0v) is 14.6. The van der Waals surface area contributed by atoms with Crippen LogP contribution in [-0.4, -0.2) is 27.6 Å². The number of pyridine rings is 1. The number of aromatic nitrogens is 3. The van der Waals surface area contributed by atoms with Gasteiger partial charge >= 0.3 is 0 Å². The molecule has 2 aromatic heterocycles. The highest BCUT2D eigenvalue weighted by atomic mass is 35.5. The minimum absolute atomic E-state index is 0.499. The van der Waals surface area contributed by atoms with Crippen molar-refractivity contribution in [3.05, 3.63) is 41.6 Å². The first kappa shape index (κ1) is 14.3. The first-order valence-corrected chi connectivity index (χ1v) is 8.75. The van der Waals surface area contributed by atoms with Gasteiger partial charge in [0.2, 0.25) is 0 Å². The van der Waals surface area contributed by atoms with E-state index in [1.165, 1.54) is 6.42 Å². The number of anilines is 1. The van der Waals surface area contributed by atoms with Crippen LogP contribution >= 0.6 is 11.6 Å². The fourth-order valence-electron chi connectivity index (χ4n) is 4.08. The van der Waals surface area contributed by atoms with Gasteiger partial charge in [0.05, 0.1) is 16.1 Å². The van der Waals surface area contributed by atoms with Crippen molar-refractivity contribution in [1.82, 2.24) is 14.5 Å². The summed E-state index contributed by atoms with van der Waals surface area (Å²) in [5, 5.41) is 0.646. The predicted octanol–water partition coefficient (Wildman–Crippen LogP) is 4.13. The number of halogens is 1. The molecule has 4 nitrogen and oxygen atoms in total. The molecule has 24 heavy (non-hydrogen) atoms. The van der Waals surface area contributed by atoms with Gasteiger partial charge in [-0.3, -0.25) is 0 Å². The van der Waals surface area contributed by atoms with E-state index in [1.807, 2.05) is 25.2 Å². The first-order valence-electron chi connectivity index (χ1n) is 8.37. The number of benzene rings is 1. The van der Waals surface area contributed by atoms with Gasteiger partial charge in [-0.2, -0.15) is 0 Å². The third-order valence-corrected chi connectivity index (χ3v) is 6.03. The molecule has 2 fully saturated rings. The molecule has 1 saturated carbocycles. The van der Waals surface area contributed by atoms with Gasteiger partial charge in [-0.05, 0) is 36.0 Å². The predicted molar refractivity (Wildman–Crippen MR) is 97.4 cm³/mol. The van der Waals surface area contributed by atoms with E-state index in [-0.39, 0.29) is 0 Å². The molecule has 0 spiro atoms. The van der Waals surface area contributed by atoms with Crippen molar-refractivity contribution in [3.8, 4) is 11.4 Å². The first-order chi connectivity index (χ1) is 11.5.